The van der Waals surface area contributed by atoms with Crippen LogP contribution in [0, 0.1) is 0 Å². The lowest BCUT2D eigenvalue weighted by molar-refractivity contribution is 0.424. The molecule has 0 radical (unpaired) electrons. The number of aromatic nitrogens is 2. The molecule has 0 aliphatic rings. The van der Waals surface area contributed by atoms with Crippen molar-refractivity contribution >= 4 is 41.6 Å². The normalized spacial score (nSPS) is 8.69. The molecule has 0 saturated heterocycles. The first-order valence-corrected chi connectivity index (χ1v) is 3.30. The minimum atomic E-state index is 0. The Morgan fingerprint density at radius 3 is 2.77 bits per heavy atom. The fraction of sp³-hybridized carbons (Fsp3) is 0.143. The molecule has 6 heteroatoms. The van der Waals surface area contributed by atoms with E-state index in [4.69, 9.17) is 4.52 Å². The second-order valence-electron chi connectivity index (χ2n) is 2.21. The van der Waals surface area contributed by atoms with E-state index in [1.54, 1.807) is 0 Å². The zero-order valence-electron chi connectivity index (χ0n) is 6.85. The van der Waals surface area contributed by atoms with Crippen molar-refractivity contribution in [1.29, 1.82) is 0 Å². The first kappa shape index (κ1) is 12.0. The highest BCUT2D eigenvalue weighted by atomic mass is 35.5. The third-order valence-electron chi connectivity index (χ3n) is 1.54. The molecule has 72 valence electrons. The summed E-state index contributed by atoms with van der Waals surface area (Å²) < 4.78 is 4.83. The maximum Gasteiger partial charge on any atom is 0.187 e. The van der Waals surface area contributed by atoms with Crippen LogP contribution in [0.4, 0.5) is 5.69 Å². The lowest BCUT2D eigenvalue weighted by Crippen LogP contribution is -1.85. The minimum absolute atomic E-state index is 0. The quantitative estimate of drug-likeness (QED) is 0.802. The van der Waals surface area contributed by atoms with E-state index in [0.29, 0.717) is 5.58 Å². The number of nitrogens with zero attached hydrogens (tertiary/aromatic N) is 2. The molecule has 1 aromatic carbocycles. The Morgan fingerprint density at radius 1 is 1.31 bits per heavy atom. The van der Waals surface area contributed by atoms with Crippen molar-refractivity contribution in [1.82, 2.24) is 10.4 Å². The second kappa shape index (κ2) is 4.89. The summed E-state index contributed by atoms with van der Waals surface area (Å²) in [5.74, 6) is 0. The van der Waals surface area contributed by atoms with Gasteiger partial charge >= 0.3 is 0 Å². The lowest BCUT2D eigenvalue weighted by Gasteiger charge is -1.95. The average molecular weight is 222 g/mol. The average Bonchev–Trinajstić information content (AvgIpc) is 2.50. The second-order valence-corrected chi connectivity index (χ2v) is 2.21. The van der Waals surface area contributed by atoms with Crippen LogP contribution in [0.1, 0.15) is 0 Å². The molecule has 0 unspecified atom stereocenters. The molecule has 0 atom stereocenters. The van der Waals surface area contributed by atoms with Crippen LogP contribution in [0.3, 0.4) is 0 Å². The highest BCUT2D eigenvalue weighted by Gasteiger charge is 1.98. The molecule has 0 spiro atoms. The third-order valence-corrected chi connectivity index (χ3v) is 1.54. The molecular weight excluding hydrogens is 213 g/mol. The Hall–Kier alpha value is -1.00. The van der Waals surface area contributed by atoms with Gasteiger partial charge in [-0.3, -0.25) is 0 Å². The number of anilines is 1. The van der Waals surface area contributed by atoms with Crippen molar-refractivity contribution < 1.29 is 4.52 Å². The fourth-order valence-corrected chi connectivity index (χ4v) is 0.937. The maximum atomic E-state index is 4.83. The van der Waals surface area contributed by atoms with Crippen LogP contribution in [-0.2, 0) is 0 Å². The summed E-state index contributed by atoms with van der Waals surface area (Å²) in [5.41, 5.74) is 2.49. The predicted octanol–water partition coefficient (Wildman–Crippen LogP) is 2.11. The predicted molar refractivity (Wildman–Crippen MR) is 55.8 cm³/mol. The molecular formula is C7H9Cl2N3O. The highest BCUT2D eigenvalue weighted by molar-refractivity contribution is 5.85. The van der Waals surface area contributed by atoms with Crippen LogP contribution < -0.4 is 5.32 Å². The van der Waals surface area contributed by atoms with Gasteiger partial charge in [0.05, 0.1) is 0 Å². The van der Waals surface area contributed by atoms with Crippen LogP contribution in [0.15, 0.2) is 22.7 Å². The minimum Gasteiger partial charge on any atom is -0.388 e. The van der Waals surface area contributed by atoms with Gasteiger partial charge < -0.3 is 9.84 Å². The number of halogens is 2. The van der Waals surface area contributed by atoms with Gasteiger partial charge in [-0.1, -0.05) is 0 Å². The van der Waals surface area contributed by atoms with Crippen LogP contribution in [-0.4, -0.2) is 17.4 Å². The van der Waals surface area contributed by atoms with Crippen LogP contribution in [0.25, 0.3) is 11.1 Å². The number of hydrogen-bond acceptors (Lipinski definition) is 4. The largest absolute Gasteiger partial charge is 0.388 e. The van der Waals surface area contributed by atoms with Gasteiger partial charge in [-0.2, -0.15) is 0 Å². The van der Waals surface area contributed by atoms with Gasteiger partial charge in [-0.25, -0.2) is 0 Å². The van der Waals surface area contributed by atoms with E-state index in [0.717, 1.165) is 11.2 Å². The molecule has 0 bridgehead atoms. The summed E-state index contributed by atoms with van der Waals surface area (Å²) >= 11 is 0. The number of fused-ring (bicyclic) bond motifs is 1. The van der Waals surface area contributed by atoms with E-state index >= 15 is 0 Å². The molecule has 0 aliphatic carbocycles. The lowest BCUT2D eigenvalue weighted by atomic mass is 10.3. The summed E-state index contributed by atoms with van der Waals surface area (Å²) in [5, 5.41) is 10.2. The van der Waals surface area contributed by atoms with E-state index < -0.39 is 0 Å². The molecule has 1 aromatic heterocycles. The van der Waals surface area contributed by atoms with Gasteiger partial charge in [0.25, 0.3) is 0 Å². The van der Waals surface area contributed by atoms with E-state index in [1.807, 2.05) is 25.2 Å². The maximum absolute atomic E-state index is 4.83. The van der Waals surface area contributed by atoms with Crippen LogP contribution in [0.2, 0.25) is 0 Å². The molecule has 2 rings (SSSR count). The molecule has 4 nitrogen and oxygen atoms in total. The number of nitrogens with one attached hydrogen (secondary N) is 1. The van der Waals surface area contributed by atoms with Crippen molar-refractivity contribution in [2.75, 3.05) is 12.4 Å². The van der Waals surface area contributed by atoms with Gasteiger partial charge in [0.15, 0.2) is 5.58 Å². The Labute approximate surface area is 87.5 Å². The Balaban J connectivity index is 0.000000720. The topological polar surface area (TPSA) is 51.0 Å². The van der Waals surface area contributed by atoms with Crippen LogP contribution >= 0.6 is 24.8 Å². The highest BCUT2D eigenvalue weighted by Crippen LogP contribution is 2.15. The van der Waals surface area contributed by atoms with Crippen LogP contribution in [0.5, 0.6) is 0 Å². The first-order chi connectivity index (χ1) is 5.40. The third kappa shape index (κ3) is 2.23. The Kier molecular flexibility index (Phi) is 4.51. The van der Waals surface area contributed by atoms with Crippen molar-refractivity contribution in [2.24, 2.45) is 0 Å². The van der Waals surface area contributed by atoms with Crippen molar-refractivity contribution in [3.63, 3.8) is 0 Å². The molecule has 0 fully saturated rings. The molecule has 2 aromatic rings. The van der Waals surface area contributed by atoms with E-state index in [1.165, 1.54) is 0 Å². The molecule has 1 heterocycles. The Morgan fingerprint density at radius 2 is 2.08 bits per heavy atom. The smallest absolute Gasteiger partial charge is 0.187 e. The summed E-state index contributed by atoms with van der Waals surface area (Å²) in [6.45, 7) is 0. The van der Waals surface area contributed by atoms with E-state index in [-0.39, 0.29) is 24.8 Å². The van der Waals surface area contributed by atoms with Crippen molar-refractivity contribution in [3.05, 3.63) is 18.2 Å². The molecule has 0 saturated carbocycles. The Bertz CT molecular complexity index is 377. The number of benzene rings is 1. The SMILES string of the molecule is CNc1ccc2onnc2c1.Cl.Cl. The van der Waals surface area contributed by atoms with Crippen molar-refractivity contribution in [3.8, 4) is 0 Å². The van der Waals surface area contributed by atoms with Gasteiger partial charge in [0.1, 0.15) is 5.52 Å². The zero-order valence-corrected chi connectivity index (χ0v) is 8.48. The molecule has 0 aliphatic heterocycles. The summed E-state index contributed by atoms with van der Waals surface area (Å²) in [6.07, 6.45) is 0. The van der Waals surface area contributed by atoms with Gasteiger partial charge in [0.2, 0.25) is 0 Å². The summed E-state index contributed by atoms with van der Waals surface area (Å²) in [7, 11) is 1.86. The van der Waals surface area contributed by atoms with Crippen molar-refractivity contribution in [2.45, 2.75) is 0 Å². The van der Waals surface area contributed by atoms with Gasteiger partial charge in [0, 0.05) is 18.0 Å². The fourth-order valence-electron chi connectivity index (χ4n) is 0.937. The van der Waals surface area contributed by atoms with E-state index in [2.05, 4.69) is 15.7 Å². The standard InChI is InChI=1S/C7H7N3O.2ClH/c1-8-5-2-3-7-6(4-5)9-10-11-7;;/h2-4,8H,1H3;2*1H. The molecule has 1 N–H and O–H groups in total. The first-order valence-electron chi connectivity index (χ1n) is 3.30. The number of hydrogen-bond donors (Lipinski definition) is 1. The summed E-state index contributed by atoms with van der Waals surface area (Å²) in [6, 6.07) is 5.63. The monoisotopic (exact) mass is 221 g/mol. The molecule has 0 amide bonds. The van der Waals surface area contributed by atoms with E-state index in [9.17, 15) is 0 Å². The zero-order chi connectivity index (χ0) is 7.68. The van der Waals surface area contributed by atoms with Gasteiger partial charge in [-0.15, -0.1) is 29.9 Å². The summed E-state index contributed by atoms with van der Waals surface area (Å²) in [4.78, 5) is 0. The number of rotatable bonds is 1. The van der Waals surface area contributed by atoms with Gasteiger partial charge in [-0.05, 0) is 18.2 Å². The molecule has 13 heavy (non-hydrogen) atoms.